The van der Waals surface area contributed by atoms with E-state index in [1.54, 1.807) is 37.4 Å². The average Bonchev–Trinajstić information content (AvgIpc) is 3.18. The van der Waals surface area contributed by atoms with Crippen molar-refractivity contribution in [3.05, 3.63) is 59.4 Å². The van der Waals surface area contributed by atoms with Gasteiger partial charge in [0.25, 0.3) is 0 Å². The number of carboxylic acids is 1. The van der Waals surface area contributed by atoms with E-state index in [0.29, 0.717) is 34.8 Å². The molecule has 1 N–H and O–H groups in total. The summed E-state index contributed by atoms with van der Waals surface area (Å²) in [6, 6.07) is 10.9. The van der Waals surface area contributed by atoms with Crippen molar-refractivity contribution < 1.29 is 28.6 Å². The van der Waals surface area contributed by atoms with Crippen molar-refractivity contribution in [2.45, 2.75) is 31.7 Å². The van der Waals surface area contributed by atoms with Gasteiger partial charge in [0.2, 0.25) is 5.91 Å². The van der Waals surface area contributed by atoms with Gasteiger partial charge in [0.15, 0.2) is 0 Å². The molecule has 0 fully saturated rings. The number of ether oxygens (including phenoxy) is 2. The number of nitrogens with zero attached hydrogens (tertiary/aromatic N) is 2. The molecule has 30 heavy (non-hydrogen) atoms. The van der Waals surface area contributed by atoms with Gasteiger partial charge in [0, 0.05) is 30.9 Å². The van der Waals surface area contributed by atoms with E-state index < -0.39 is 17.8 Å². The molecule has 1 atom stereocenters. The molecule has 1 amide bonds. The Hall–Kier alpha value is -3.42. The Bertz CT molecular complexity index is 976. The van der Waals surface area contributed by atoms with E-state index >= 15 is 0 Å². The fourth-order valence-corrected chi connectivity index (χ4v) is 3.42. The van der Waals surface area contributed by atoms with Gasteiger partial charge >= 0.3 is 5.97 Å². The first-order valence-corrected chi connectivity index (χ1v) is 9.52. The Kier molecular flexibility index (Phi) is 6.66. The monoisotopic (exact) mass is 414 g/mol. The van der Waals surface area contributed by atoms with Crippen LogP contribution in [0.15, 0.2) is 47.6 Å². The molecule has 2 aromatic carbocycles. The van der Waals surface area contributed by atoms with Crippen LogP contribution in [0.2, 0.25) is 0 Å². The molecule has 0 spiro atoms. The van der Waals surface area contributed by atoms with Crippen molar-refractivity contribution in [2.75, 3.05) is 14.2 Å². The number of aliphatic carboxylic acids is 1. The van der Waals surface area contributed by atoms with Gasteiger partial charge in [0.1, 0.15) is 17.3 Å². The summed E-state index contributed by atoms with van der Waals surface area (Å²) in [6.45, 7) is 0. The van der Waals surface area contributed by atoms with Gasteiger partial charge in [-0.15, -0.1) is 0 Å². The summed E-state index contributed by atoms with van der Waals surface area (Å²) < 4.78 is 24.5. The molecular formula is C22H23FN2O5. The predicted molar refractivity (Wildman–Crippen MR) is 108 cm³/mol. The van der Waals surface area contributed by atoms with E-state index in [2.05, 4.69) is 5.10 Å². The van der Waals surface area contributed by atoms with Gasteiger partial charge in [-0.2, -0.15) is 5.10 Å². The summed E-state index contributed by atoms with van der Waals surface area (Å²) in [5, 5.41) is 14.7. The lowest BCUT2D eigenvalue weighted by Gasteiger charge is -2.22. The van der Waals surface area contributed by atoms with Crippen molar-refractivity contribution in [2.24, 2.45) is 5.10 Å². The van der Waals surface area contributed by atoms with E-state index in [-0.39, 0.29) is 25.2 Å². The summed E-state index contributed by atoms with van der Waals surface area (Å²) in [6.07, 6.45) is 0.510. The molecular weight excluding hydrogens is 391 g/mol. The van der Waals surface area contributed by atoms with Crippen LogP contribution in [0.1, 0.15) is 42.9 Å². The maximum Gasteiger partial charge on any atom is 0.303 e. The number of hydrogen-bond acceptors (Lipinski definition) is 5. The third kappa shape index (κ3) is 4.76. The first-order valence-electron chi connectivity index (χ1n) is 9.52. The van der Waals surface area contributed by atoms with E-state index in [4.69, 9.17) is 14.6 Å². The Morgan fingerprint density at radius 1 is 1.17 bits per heavy atom. The minimum Gasteiger partial charge on any atom is -0.497 e. The molecule has 1 aliphatic rings. The van der Waals surface area contributed by atoms with Crippen LogP contribution < -0.4 is 9.47 Å². The molecule has 3 rings (SSSR count). The van der Waals surface area contributed by atoms with Crippen LogP contribution in [0.3, 0.4) is 0 Å². The lowest BCUT2D eigenvalue weighted by molar-refractivity contribution is -0.137. The number of carbonyl (C=O) groups excluding carboxylic acids is 1. The summed E-state index contributed by atoms with van der Waals surface area (Å²) in [5.74, 6) is -0.504. The van der Waals surface area contributed by atoms with Crippen molar-refractivity contribution in [1.82, 2.24) is 5.01 Å². The van der Waals surface area contributed by atoms with Gasteiger partial charge < -0.3 is 14.6 Å². The summed E-state index contributed by atoms with van der Waals surface area (Å²) >= 11 is 0. The van der Waals surface area contributed by atoms with Crippen LogP contribution in [0, 0.1) is 5.82 Å². The number of amides is 1. The number of hydrazone groups is 1. The van der Waals surface area contributed by atoms with E-state index in [1.165, 1.54) is 24.3 Å². The lowest BCUT2D eigenvalue weighted by atomic mass is 9.97. The average molecular weight is 414 g/mol. The van der Waals surface area contributed by atoms with Crippen molar-refractivity contribution in [3.8, 4) is 11.5 Å². The summed E-state index contributed by atoms with van der Waals surface area (Å²) in [5.41, 5.74) is 1.95. The van der Waals surface area contributed by atoms with E-state index in [9.17, 15) is 14.0 Å². The summed E-state index contributed by atoms with van der Waals surface area (Å²) in [4.78, 5) is 23.6. The van der Waals surface area contributed by atoms with Crippen LogP contribution in [0.4, 0.5) is 4.39 Å². The second kappa shape index (κ2) is 9.39. The number of benzene rings is 2. The predicted octanol–water partition coefficient (Wildman–Crippen LogP) is 3.78. The minimum atomic E-state index is -0.960. The van der Waals surface area contributed by atoms with Crippen LogP contribution in [0.5, 0.6) is 11.5 Å². The highest BCUT2D eigenvalue weighted by molar-refractivity contribution is 6.05. The molecule has 158 valence electrons. The quantitative estimate of drug-likeness (QED) is 0.710. The van der Waals surface area contributed by atoms with Crippen LogP contribution in [0.25, 0.3) is 0 Å². The van der Waals surface area contributed by atoms with Crippen molar-refractivity contribution in [1.29, 1.82) is 0 Å². The fourth-order valence-electron chi connectivity index (χ4n) is 3.42. The number of carboxylic acid groups (broad SMARTS) is 1. The number of carbonyl (C=O) groups is 2. The van der Waals surface area contributed by atoms with Gasteiger partial charge in [-0.05, 0) is 36.2 Å². The number of halogens is 1. The molecule has 0 saturated heterocycles. The molecule has 2 aromatic rings. The highest BCUT2D eigenvalue weighted by Gasteiger charge is 2.34. The van der Waals surface area contributed by atoms with Gasteiger partial charge in [-0.1, -0.05) is 12.1 Å². The second-order valence-corrected chi connectivity index (χ2v) is 6.87. The number of hydrogen-bond donors (Lipinski definition) is 1. The highest BCUT2D eigenvalue weighted by atomic mass is 19.1. The van der Waals surface area contributed by atoms with Gasteiger partial charge in [-0.25, -0.2) is 9.40 Å². The number of methoxy groups -OCH3 is 2. The molecule has 1 heterocycles. The standard InChI is InChI=1S/C22H23FN2O5/c1-29-16-9-10-17(20(12-16)30-2)18-13-19(14-5-3-6-15(23)11-14)25(24-18)21(26)7-4-8-22(27)28/h3,5-6,9-12,19H,4,7-8,13H2,1-2H3,(H,27,28). The SMILES string of the molecule is COc1ccc(C2=NN(C(=O)CCCC(=O)O)C(c3cccc(F)c3)C2)c(OC)c1. The lowest BCUT2D eigenvalue weighted by Crippen LogP contribution is -2.27. The second-order valence-electron chi connectivity index (χ2n) is 6.87. The molecule has 0 aliphatic carbocycles. The topological polar surface area (TPSA) is 88.4 Å². The molecule has 0 bridgehead atoms. The summed E-state index contributed by atoms with van der Waals surface area (Å²) in [7, 11) is 3.09. The van der Waals surface area contributed by atoms with Gasteiger partial charge in [-0.3, -0.25) is 9.59 Å². The first kappa shape index (κ1) is 21.3. The third-order valence-corrected chi connectivity index (χ3v) is 4.90. The molecule has 1 aliphatic heterocycles. The molecule has 1 unspecified atom stereocenters. The van der Waals surface area contributed by atoms with E-state index in [1.807, 2.05) is 0 Å². The fraction of sp³-hybridized carbons (Fsp3) is 0.318. The van der Waals surface area contributed by atoms with Crippen LogP contribution in [-0.4, -0.2) is 41.9 Å². The highest BCUT2D eigenvalue weighted by Crippen LogP contribution is 2.36. The minimum absolute atomic E-state index is 0.0364. The normalized spacial score (nSPS) is 15.6. The zero-order valence-electron chi connectivity index (χ0n) is 16.8. The Balaban J connectivity index is 1.93. The van der Waals surface area contributed by atoms with Crippen molar-refractivity contribution >= 4 is 17.6 Å². The zero-order chi connectivity index (χ0) is 21.7. The largest absolute Gasteiger partial charge is 0.497 e. The van der Waals surface area contributed by atoms with Crippen molar-refractivity contribution in [3.63, 3.8) is 0 Å². The zero-order valence-corrected chi connectivity index (χ0v) is 16.8. The Morgan fingerprint density at radius 3 is 2.63 bits per heavy atom. The molecule has 0 saturated carbocycles. The molecule has 0 aromatic heterocycles. The molecule has 7 nitrogen and oxygen atoms in total. The Morgan fingerprint density at radius 2 is 1.97 bits per heavy atom. The molecule has 0 radical (unpaired) electrons. The maximum absolute atomic E-state index is 13.8. The van der Waals surface area contributed by atoms with Gasteiger partial charge in [0.05, 0.1) is 26.0 Å². The maximum atomic E-state index is 13.8. The Labute approximate surface area is 173 Å². The smallest absolute Gasteiger partial charge is 0.303 e. The first-order chi connectivity index (χ1) is 14.4. The third-order valence-electron chi connectivity index (χ3n) is 4.90. The van der Waals surface area contributed by atoms with Crippen LogP contribution in [-0.2, 0) is 9.59 Å². The van der Waals surface area contributed by atoms with Crippen LogP contribution >= 0.6 is 0 Å². The van der Waals surface area contributed by atoms with E-state index in [0.717, 1.165) is 0 Å². The molecule has 8 heteroatoms. The number of rotatable bonds is 8.